The molecule has 0 aliphatic carbocycles. The number of carbonyl (C=O) groups excluding carboxylic acids is 1. The summed E-state index contributed by atoms with van der Waals surface area (Å²) in [5.41, 5.74) is 1.36. The molecule has 0 spiro atoms. The number of esters is 1. The van der Waals surface area contributed by atoms with Gasteiger partial charge in [-0.1, -0.05) is 12.1 Å². The fourth-order valence-electron chi connectivity index (χ4n) is 1.38. The number of anilines is 1. The summed E-state index contributed by atoms with van der Waals surface area (Å²) in [4.78, 5) is 10.9. The minimum absolute atomic E-state index is 0.423. The van der Waals surface area contributed by atoms with Crippen molar-refractivity contribution in [1.29, 1.82) is 0 Å². The number of benzene rings is 1. The molecular formula is C11H16N2O4S. The first-order chi connectivity index (χ1) is 8.46. The molecule has 2 N–H and O–H groups in total. The van der Waals surface area contributed by atoms with Crippen molar-refractivity contribution in [2.24, 2.45) is 0 Å². The highest BCUT2D eigenvalue weighted by molar-refractivity contribution is 7.93. The van der Waals surface area contributed by atoms with E-state index in [-0.39, 0.29) is 0 Å². The summed E-state index contributed by atoms with van der Waals surface area (Å²) in [6.45, 7) is 0.632. The Kier molecular flexibility index (Phi) is 5.11. The normalized spacial score (nSPS) is 11.0. The van der Waals surface area contributed by atoms with E-state index in [1.165, 1.54) is 0 Å². The quantitative estimate of drug-likeness (QED) is 0.729. The number of sulfonamides is 1. The number of hydrogen-bond acceptors (Lipinski definition) is 5. The van der Waals surface area contributed by atoms with E-state index in [1.54, 1.807) is 25.2 Å². The molecule has 0 aliphatic heterocycles. The molecule has 1 aromatic rings. The van der Waals surface area contributed by atoms with Gasteiger partial charge in [0, 0.05) is 12.2 Å². The lowest BCUT2D eigenvalue weighted by Gasteiger charge is -2.08. The van der Waals surface area contributed by atoms with Gasteiger partial charge in [0.1, 0.15) is 0 Å². The van der Waals surface area contributed by atoms with Crippen LogP contribution in [0.25, 0.3) is 0 Å². The van der Waals surface area contributed by atoms with Crippen LogP contribution in [0, 0.1) is 0 Å². The van der Waals surface area contributed by atoms with Gasteiger partial charge in [0.15, 0.2) is 5.75 Å². The van der Waals surface area contributed by atoms with E-state index in [0.29, 0.717) is 12.2 Å². The van der Waals surface area contributed by atoms with Crippen molar-refractivity contribution in [3.05, 3.63) is 29.8 Å². The van der Waals surface area contributed by atoms with Crippen molar-refractivity contribution in [2.75, 3.05) is 24.6 Å². The van der Waals surface area contributed by atoms with Gasteiger partial charge >= 0.3 is 5.97 Å². The standard InChI is InChI=1S/C11H16N2O4S/c1-12-7-9-4-3-5-10(6-9)13-18(15,16)8-11(14)17-2/h3-6,12-13H,7-8H2,1-2H3. The molecule has 6 nitrogen and oxygen atoms in total. The van der Waals surface area contributed by atoms with Crippen LogP contribution in [0.2, 0.25) is 0 Å². The summed E-state index contributed by atoms with van der Waals surface area (Å²) < 4.78 is 29.9. The van der Waals surface area contributed by atoms with E-state index in [2.05, 4.69) is 14.8 Å². The Morgan fingerprint density at radius 2 is 2.11 bits per heavy atom. The van der Waals surface area contributed by atoms with Gasteiger partial charge in [0.25, 0.3) is 0 Å². The number of hydrogen-bond donors (Lipinski definition) is 2. The first-order valence-electron chi connectivity index (χ1n) is 5.27. The number of rotatable bonds is 6. The van der Waals surface area contributed by atoms with Crippen molar-refractivity contribution in [3.63, 3.8) is 0 Å². The highest BCUT2D eigenvalue weighted by Crippen LogP contribution is 2.12. The van der Waals surface area contributed by atoms with Crippen molar-refractivity contribution in [2.45, 2.75) is 6.54 Å². The molecule has 7 heteroatoms. The van der Waals surface area contributed by atoms with Crippen LogP contribution in [0.3, 0.4) is 0 Å². The lowest BCUT2D eigenvalue weighted by molar-refractivity contribution is -0.137. The predicted molar refractivity (Wildman–Crippen MR) is 68.6 cm³/mol. The molecule has 1 rings (SSSR count). The minimum atomic E-state index is -3.72. The molecule has 0 atom stereocenters. The van der Waals surface area contributed by atoms with Gasteiger partial charge < -0.3 is 10.1 Å². The third-order valence-corrected chi connectivity index (χ3v) is 3.28. The predicted octanol–water partition coefficient (Wildman–Crippen LogP) is 0.321. The van der Waals surface area contributed by atoms with Crippen molar-refractivity contribution in [3.8, 4) is 0 Å². The van der Waals surface area contributed by atoms with Crippen LogP contribution in [0.1, 0.15) is 5.56 Å². The summed E-state index contributed by atoms with van der Waals surface area (Å²) in [5, 5.41) is 2.96. The molecule has 100 valence electrons. The molecule has 18 heavy (non-hydrogen) atoms. The first kappa shape index (κ1) is 14.5. The molecule has 0 unspecified atom stereocenters. The minimum Gasteiger partial charge on any atom is -0.468 e. The van der Waals surface area contributed by atoms with Gasteiger partial charge in [-0.25, -0.2) is 8.42 Å². The zero-order chi connectivity index (χ0) is 13.6. The summed E-state index contributed by atoms with van der Waals surface area (Å²) >= 11 is 0. The second-order valence-corrected chi connectivity index (χ2v) is 5.39. The maximum Gasteiger partial charge on any atom is 0.322 e. The van der Waals surface area contributed by atoms with Crippen molar-refractivity contribution in [1.82, 2.24) is 5.32 Å². The van der Waals surface area contributed by atoms with E-state index in [1.807, 2.05) is 6.07 Å². The zero-order valence-corrected chi connectivity index (χ0v) is 11.1. The molecule has 0 saturated heterocycles. The number of carbonyl (C=O) groups is 1. The highest BCUT2D eigenvalue weighted by atomic mass is 32.2. The average molecular weight is 272 g/mol. The molecule has 1 aromatic carbocycles. The average Bonchev–Trinajstić information content (AvgIpc) is 2.28. The monoisotopic (exact) mass is 272 g/mol. The van der Waals surface area contributed by atoms with Gasteiger partial charge in [0.05, 0.1) is 7.11 Å². The summed E-state index contributed by atoms with van der Waals surface area (Å²) in [5.74, 6) is -1.49. The number of nitrogens with one attached hydrogen (secondary N) is 2. The smallest absolute Gasteiger partial charge is 0.322 e. The molecular weight excluding hydrogens is 256 g/mol. The largest absolute Gasteiger partial charge is 0.468 e. The third-order valence-electron chi connectivity index (χ3n) is 2.12. The summed E-state index contributed by atoms with van der Waals surface area (Å²) in [6, 6.07) is 6.93. The van der Waals surface area contributed by atoms with Gasteiger partial charge in [-0.2, -0.15) is 0 Å². The van der Waals surface area contributed by atoms with Gasteiger partial charge in [-0.15, -0.1) is 0 Å². The van der Waals surface area contributed by atoms with Crippen LogP contribution >= 0.6 is 0 Å². The van der Waals surface area contributed by atoms with E-state index < -0.39 is 21.7 Å². The van der Waals surface area contributed by atoms with Gasteiger partial charge in [0.2, 0.25) is 10.0 Å². The Labute approximate surface area is 106 Å². The van der Waals surface area contributed by atoms with E-state index in [4.69, 9.17) is 0 Å². The maximum atomic E-state index is 11.6. The number of ether oxygens (including phenoxy) is 1. The summed E-state index contributed by atoms with van der Waals surface area (Å²) in [6.07, 6.45) is 0. The Morgan fingerprint density at radius 3 is 2.72 bits per heavy atom. The van der Waals surface area contributed by atoms with E-state index >= 15 is 0 Å². The van der Waals surface area contributed by atoms with Crippen LogP contribution in [0.15, 0.2) is 24.3 Å². The molecule has 0 aliphatic rings. The zero-order valence-electron chi connectivity index (χ0n) is 10.3. The second kappa shape index (κ2) is 6.36. The van der Waals surface area contributed by atoms with Crippen LogP contribution in [-0.4, -0.2) is 34.3 Å². The molecule has 0 amide bonds. The Bertz CT molecular complexity index is 514. The molecule has 0 aromatic heterocycles. The maximum absolute atomic E-state index is 11.6. The highest BCUT2D eigenvalue weighted by Gasteiger charge is 2.16. The SMILES string of the molecule is CNCc1cccc(NS(=O)(=O)CC(=O)OC)c1. The third kappa shape index (κ3) is 4.72. The second-order valence-electron chi connectivity index (χ2n) is 3.67. The van der Waals surface area contributed by atoms with Gasteiger partial charge in [-0.05, 0) is 24.7 Å². The number of methoxy groups -OCH3 is 1. The molecule has 0 fully saturated rings. The molecule has 0 heterocycles. The van der Waals surface area contributed by atoms with E-state index in [9.17, 15) is 13.2 Å². The Morgan fingerprint density at radius 1 is 1.39 bits per heavy atom. The van der Waals surface area contributed by atoms with Crippen LogP contribution in [-0.2, 0) is 26.1 Å². The lowest BCUT2D eigenvalue weighted by atomic mass is 10.2. The fraction of sp³-hybridized carbons (Fsp3) is 0.364. The lowest BCUT2D eigenvalue weighted by Crippen LogP contribution is -2.23. The Balaban J connectivity index is 2.77. The van der Waals surface area contributed by atoms with Gasteiger partial charge in [-0.3, -0.25) is 9.52 Å². The Hall–Kier alpha value is -1.60. The van der Waals surface area contributed by atoms with Crippen LogP contribution in [0.4, 0.5) is 5.69 Å². The molecule has 0 bridgehead atoms. The van der Waals surface area contributed by atoms with Crippen molar-refractivity contribution < 1.29 is 17.9 Å². The van der Waals surface area contributed by atoms with Crippen LogP contribution in [0.5, 0.6) is 0 Å². The van der Waals surface area contributed by atoms with Crippen LogP contribution < -0.4 is 10.0 Å². The fourth-order valence-corrected chi connectivity index (χ4v) is 2.37. The molecule has 0 radical (unpaired) electrons. The topological polar surface area (TPSA) is 84.5 Å². The summed E-state index contributed by atoms with van der Waals surface area (Å²) in [7, 11) is -0.779. The molecule has 0 saturated carbocycles. The van der Waals surface area contributed by atoms with E-state index in [0.717, 1.165) is 12.7 Å². The first-order valence-corrected chi connectivity index (χ1v) is 6.93. The van der Waals surface area contributed by atoms with Crippen molar-refractivity contribution >= 4 is 21.7 Å².